The Labute approximate surface area is 115 Å². The maximum atomic E-state index is 11.7. The number of benzene rings is 1. The normalized spacial score (nSPS) is 10.0. The molecule has 2 aromatic rings. The van der Waals surface area contributed by atoms with Crippen LogP contribution in [0, 0.1) is 0 Å². The molecule has 1 heterocycles. The Morgan fingerprint density at radius 1 is 1.10 bits per heavy atom. The molecule has 102 valence electrons. The molecule has 0 aliphatic rings. The van der Waals surface area contributed by atoms with E-state index < -0.39 is 11.9 Å². The first-order chi connectivity index (χ1) is 9.56. The van der Waals surface area contributed by atoms with Gasteiger partial charge in [-0.05, 0) is 29.8 Å². The average Bonchev–Trinajstić information content (AvgIpc) is 2.46. The monoisotopic (exact) mass is 271 g/mol. The molecule has 6 heteroatoms. The van der Waals surface area contributed by atoms with Crippen molar-refractivity contribution in [2.24, 2.45) is 5.73 Å². The zero-order valence-electron chi connectivity index (χ0n) is 10.6. The van der Waals surface area contributed by atoms with Crippen LogP contribution in [0.2, 0.25) is 0 Å². The van der Waals surface area contributed by atoms with Gasteiger partial charge < -0.3 is 16.2 Å². The summed E-state index contributed by atoms with van der Waals surface area (Å²) in [6.45, 7) is 0.0872. The first-order valence-electron chi connectivity index (χ1n) is 5.83. The Morgan fingerprint density at radius 3 is 2.35 bits per heavy atom. The van der Waals surface area contributed by atoms with Crippen LogP contribution < -0.4 is 11.5 Å². The molecule has 0 saturated heterocycles. The molecule has 0 aliphatic carbocycles. The van der Waals surface area contributed by atoms with Gasteiger partial charge in [0.25, 0.3) is 0 Å². The van der Waals surface area contributed by atoms with Crippen LogP contribution in [0.1, 0.15) is 26.4 Å². The van der Waals surface area contributed by atoms with E-state index in [9.17, 15) is 9.59 Å². The van der Waals surface area contributed by atoms with E-state index in [4.69, 9.17) is 16.2 Å². The van der Waals surface area contributed by atoms with Crippen molar-refractivity contribution in [1.29, 1.82) is 0 Å². The Hall–Kier alpha value is -2.89. The van der Waals surface area contributed by atoms with Crippen molar-refractivity contribution in [1.82, 2.24) is 4.98 Å². The summed E-state index contributed by atoms with van der Waals surface area (Å²) < 4.78 is 5.10. The molecule has 0 aliphatic heterocycles. The second-order valence-corrected chi connectivity index (χ2v) is 4.11. The highest BCUT2D eigenvalue weighted by molar-refractivity contribution is 5.92. The molecule has 20 heavy (non-hydrogen) atoms. The fourth-order valence-corrected chi connectivity index (χ4v) is 1.51. The van der Waals surface area contributed by atoms with Crippen LogP contribution in [0.15, 0.2) is 42.6 Å². The molecule has 0 atom stereocenters. The first kappa shape index (κ1) is 13.5. The van der Waals surface area contributed by atoms with Gasteiger partial charge in [0.2, 0.25) is 5.91 Å². The van der Waals surface area contributed by atoms with Gasteiger partial charge in [-0.1, -0.05) is 12.1 Å². The third-order valence-electron chi connectivity index (χ3n) is 2.60. The van der Waals surface area contributed by atoms with Gasteiger partial charge in [-0.25, -0.2) is 9.78 Å². The minimum atomic E-state index is -0.538. The highest BCUT2D eigenvalue weighted by Gasteiger charge is 2.09. The molecule has 0 bridgehead atoms. The lowest BCUT2D eigenvalue weighted by atomic mass is 10.1. The Balaban J connectivity index is 1.96. The zero-order valence-corrected chi connectivity index (χ0v) is 10.6. The summed E-state index contributed by atoms with van der Waals surface area (Å²) >= 11 is 0. The van der Waals surface area contributed by atoms with Gasteiger partial charge in [0, 0.05) is 5.56 Å². The number of hydrogen-bond donors (Lipinski definition) is 2. The van der Waals surface area contributed by atoms with Gasteiger partial charge in [0.15, 0.2) is 0 Å². The van der Waals surface area contributed by atoms with Crippen LogP contribution in [0.25, 0.3) is 0 Å². The van der Waals surface area contributed by atoms with Gasteiger partial charge in [-0.3, -0.25) is 4.79 Å². The molecular weight excluding hydrogens is 258 g/mol. The number of anilines is 1. The number of aromatic nitrogens is 1. The fourth-order valence-electron chi connectivity index (χ4n) is 1.51. The van der Waals surface area contributed by atoms with Crippen LogP contribution in [0.5, 0.6) is 0 Å². The van der Waals surface area contributed by atoms with E-state index in [1.807, 2.05) is 0 Å². The third-order valence-corrected chi connectivity index (χ3v) is 2.60. The van der Waals surface area contributed by atoms with E-state index in [1.54, 1.807) is 30.3 Å². The van der Waals surface area contributed by atoms with Crippen LogP contribution in [0.4, 0.5) is 5.69 Å². The predicted molar refractivity (Wildman–Crippen MR) is 72.7 cm³/mol. The average molecular weight is 271 g/mol. The lowest BCUT2D eigenvalue weighted by molar-refractivity contribution is 0.0465. The molecule has 1 aromatic carbocycles. The van der Waals surface area contributed by atoms with Crippen molar-refractivity contribution in [2.75, 3.05) is 5.73 Å². The lowest BCUT2D eigenvalue weighted by Crippen LogP contribution is -2.11. The third kappa shape index (κ3) is 3.32. The van der Waals surface area contributed by atoms with Gasteiger partial charge in [-0.15, -0.1) is 0 Å². The van der Waals surface area contributed by atoms with E-state index >= 15 is 0 Å². The van der Waals surface area contributed by atoms with E-state index in [2.05, 4.69) is 4.98 Å². The summed E-state index contributed by atoms with van der Waals surface area (Å²) in [5, 5.41) is 0. The molecular formula is C14H13N3O3. The standard InChI is InChI=1S/C14H13N3O3/c15-11-5-6-12(17-7-11)14(19)20-8-9-1-3-10(4-2-9)13(16)18/h1-7H,8,15H2,(H2,16,18). The van der Waals surface area contributed by atoms with Crippen molar-refractivity contribution < 1.29 is 14.3 Å². The van der Waals surface area contributed by atoms with E-state index in [0.717, 1.165) is 5.56 Å². The second-order valence-electron chi connectivity index (χ2n) is 4.11. The number of primary amides is 1. The molecule has 2 rings (SSSR count). The molecule has 1 amide bonds. The van der Waals surface area contributed by atoms with Crippen molar-refractivity contribution >= 4 is 17.6 Å². The number of carbonyl (C=O) groups is 2. The topological polar surface area (TPSA) is 108 Å². The highest BCUT2D eigenvalue weighted by Crippen LogP contribution is 2.08. The molecule has 0 fully saturated rings. The molecule has 0 unspecified atom stereocenters. The summed E-state index contributed by atoms with van der Waals surface area (Å²) in [5.41, 5.74) is 12.4. The SMILES string of the molecule is NC(=O)c1ccc(COC(=O)c2ccc(N)cn2)cc1. The maximum absolute atomic E-state index is 11.7. The minimum absolute atomic E-state index is 0.0872. The smallest absolute Gasteiger partial charge is 0.357 e. The minimum Gasteiger partial charge on any atom is -0.456 e. The molecule has 0 radical (unpaired) electrons. The van der Waals surface area contributed by atoms with Crippen LogP contribution in [0.3, 0.4) is 0 Å². The van der Waals surface area contributed by atoms with E-state index in [-0.39, 0.29) is 12.3 Å². The number of rotatable bonds is 4. The maximum Gasteiger partial charge on any atom is 0.357 e. The summed E-state index contributed by atoms with van der Waals surface area (Å²) in [7, 11) is 0. The number of ether oxygens (including phenoxy) is 1. The summed E-state index contributed by atoms with van der Waals surface area (Å²) in [4.78, 5) is 26.5. The van der Waals surface area contributed by atoms with Gasteiger partial charge in [0.05, 0.1) is 11.9 Å². The van der Waals surface area contributed by atoms with E-state index in [1.165, 1.54) is 12.3 Å². The Bertz CT molecular complexity index is 621. The van der Waals surface area contributed by atoms with Crippen molar-refractivity contribution in [3.63, 3.8) is 0 Å². The largest absolute Gasteiger partial charge is 0.456 e. The number of nitrogens with two attached hydrogens (primary N) is 2. The van der Waals surface area contributed by atoms with Crippen molar-refractivity contribution in [3.8, 4) is 0 Å². The summed E-state index contributed by atoms with van der Waals surface area (Å²) in [6, 6.07) is 9.56. The fraction of sp³-hybridized carbons (Fsp3) is 0.0714. The summed E-state index contributed by atoms with van der Waals surface area (Å²) in [6.07, 6.45) is 1.39. The summed E-state index contributed by atoms with van der Waals surface area (Å²) in [5.74, 6) is -1.04. The number of amides is 1. The van der Waals surface area contributed by atoms with E-state index in [0.29, 0.717) is 11.3 Å². The number of hydrogen-bond acceptors (Lipinski definition) is 5. The van der Waals surface area contributed by atoms with Crippen molar-refractivity contribution in [2.45, 2.75) is 6.61 Å². The zero-order chi connectivity index (χ0) is 14.5. The Morgan fingerprint density at radius 2 is 1.80 bits per heavy atom. The number of nitrogens with zero attached hydrogens (tertiary/aromatic N) is 1. The molecule has 0 spiro atoms. The van der Waals surface area contributed by atoms with Crippen LogP contribution >= 0.6 is 0 Å². The number of carbonyl (C=O) groups excluding carboxylic acids is 2. The second kappa shape index (κ2) is 5.83. The molecule has 6 nitrogen and oxygen atoms in total. The van der Waals surface area contributed by atoms with Gasteiger partial charge in [-0.2, -0.15) is 0 Å². The van der Waals surface area contributed by atoms with Gasteiger partial charge in [0.1, 0.15) is 12.3 Å². The van der Waals surface area contributed by atoms with Gasteiger partial charge >= 0.3 is 5.97 Å². The van der Waals surface area contributed by atoms with Crippen LogP contribution in [-0.2, 0) is 11.3 Å². The highest BCUT2D eigenvalue weighted by atomic mass is 16.5. The Kier molecular flexibility index (Phi) is 3.95. The lowest BCUT2D eigenvalue weighted by Gasteiger charge is -2.05. The predicted octanol–water partition coefficient (Wildman–Crippen LogP) is 1.12. The number of nitrogen functional groups attached to an aromatic ring is 1. The van der Waals surface area contributed by atoms with Crippen LogP contribution in [-0.4, -0.2) is 16.9 Å². The molecule has 1 aromatic heterocycles. The number of pyridine rings is 1. The number of esters is 1. The quantitative estimate of drug-likeness (QED) is 0.810. The molecule has 4 N–H and O–H groups in total. The van der Waals surface area contributed by atoms with Crippen molar-refractivity contribution in [3.05, 3.63) is 59.4 Å². The molecule has 0 saturated carbocycles. The first-order valence-corrected chi connectivity index (χ1v) is 5.83.